The number of amides is 1. The summed E-state index contributed by atoms with van der Waals surface area (Å²) in [5.41, 5.74) is 2.14. The monoisotopic (exact) mass is 348 g/mol. The van der Waals surface area contributed by atoms with Gasteiger partial charge in [0, 0.05) is 31.4 Å². The molecule has 0 aromatic carbocycles. The molecule has 6 heteroatoms. The third-order valence-electron chi connectivity index (χ3n) is 4.81. The fourth-order valence-electron chi connectivity index (χ4n) is 3.49. The van der Waals surface area contributed by atoms with Crippen LogP contribution >= 0.6 is 0 Å². The fraction of sp³-hybridized carbons (Fsp3) is 0.556. The second-order valence-corrected chi connectivity index (χ2v) is 8.95. The van der Waals surface area contributed by atoms with Crippen molar-refractivity contribution in [3.63, 3.8) is 0 Å². The number of carbonyl (C=O) groups excluding carboxylic acids is 1. The molecule has 1 amide bonds. The molecule has 0 spiro atoms. The van der Waals surface area contributed by atoms with E-state index in [1.54, 1.807) is 17.3 Å². The number of rotatable bonds is 5. The summed E-state index contributed by atoms with van der Waals surface area (Å²) in [6.07, 6.45) is 10.9. The summed E-state index contributed by atoms with van der Waals surface area (Å²) in [4.78, 5) is 18.7. The molecule has 0 saturated carbocycles. The summed E-state index contributed by atoms with van der Waals surface area (Å²) in [6, 6.07) is 3.55. The van der Waals surface area contributed by atoms with Crippen LogP contribution in [0.25, 0.3) is 0 Å². The normalized spacial score (nSPS) is 22.8. The van der Waals surface area contributed by atoms with Crippen molar-refractivity contribution in [2.24, 2.45) is 0 Å². The first kappa shape index (κ1) is 17.1. The Labute approximate surface area is 143 Å². The predicted octanol–water partition coefficient (Wildman–Crippen LogP) is 2.49. The van der Waals surface area contributed by atoms with Crippen molar-refractivity contribution < 1.29 is 13.2 Å². The molecule has 130 valence electrons. The van der Waals surface area contributed by atoms with Crippen molar-refractivity contribution in [1.82, 2.24) is 9.88 Å². The summed E-state index contributed by atoms with van der Waals surface area (Å²) in [7, 11) is -3.02. The minimum Gasteiger partial charge on any atom is -0.334 e. The smallest absolute Gasteiger partial charge is 0.227 e. The Balaban J connectivity index is 1.76. The highest BCUT2D eigenvalue weighted by atomic mass is 32.2. The van der Waals surface area contributed by atoms with Crippen LogP contribution in [0, 0.1) is 0 Å². The second kappa shape index (κ2) is 7.47. The van der Waals surface area contributed by atoms with E-state index in [0.29, 0.717) is 19.4 Å². The van der Waals surface area contributed by atoms with E-state index in [9.17, 15) is 13.2 Å². The first-order valence-electron chi connectivity index (χ1n) is 8.60. The topological polar surface area (TPSA) is 67.3 Å². The summed E-state index contributed by atoms with van der Waals surface area (Å²) in [6.45, 7) is 0.431. The van der Waals surface area contributed by atoms with Gasteiger partial charge in [-0.2, -0.15) is 0 Å². The zero-order valence-corrected chi connectivity index (χ0v) is 14.7. The molecule has 1 saturated heterocycles. The van der Waals surface area contributed by atoms with Crippen LogP contribution in [0.4, 0.5) is 0 Å². The summed E-state index contributed by atoms with van der Waals surface area (Å²) >= 11 is 0. The van der Waals surface area contributed by atoms with E-state index >= 15 is 0 Å². The molecule has 0 unspecified atom stereocenters. The Kier molecular flexibility index (Phi) is 5.33. The molecule has 1 aromatic rings. The quantitative estimate of drug-likeness (QED) is 0.767. The molecule has 2 heterocycles. The molecule has 2 aliphatic rings. The zero-order chi connectivity index (χ0) is 17.0. The molecule has 5 nitrogen and oxygen atoms in total. The SMILES string of the molecule is O=C(CC1=CCCCC1)N(Cc1cccnc1)[C@H]1CCS(=O)(=O)C1. The summed E-state index contributed by atoms with van der Waals surface area (Å²) in [5, 5.41) is 0. The van der Waals surface area contributed by atoms with Gasteiger partial charge in [0.25, 0.3) is 0 Å². The number of hydrogen-bond donors (Lipinski definition) is 0. The van der Waals surface area contributed by atoms with Gasteiger partial charge in [0.1, 0.15) is 0 Å². The highest BCUT2D eigenvalue weighted by molar-refractivity contribution is 7.91. The molecule has 1 aliphatic heterocycles. The zero-order valence-electron chi connectivity index (χ0n) is 13.9. The van der Waals surface area contributed by atoms with E-state index in [2.05, 4.69) is 11.1 Å². The van der Waals surface area contributed by atoms with Gasteiger partial charge in [-0.1, -0.05) is 17.7 Å². The molecule has 0 radical (unpaired) electrons. The van der Waals surface area contributed by atoms with Crippen LogP contribution in [0.3, 0.4) is 0 Å². The van der Waals surface area contributed by atoms with Crippen molar-refractivity contribution in [3.8, 4) is 0 Å². The average Bonchev–Trinajstić information content (AvgIpc) is 2.94. The van der Waals surface area contributed by atoms with Gasteiger partial charge in [0.15, 0.2) is 9.84 Å². The number of nitrogens with zero attached hydrogens (tertiary/aromatic N) is 2. The van der Waals surface area contributed by atoms with Crippen molar-refractivity contribution in [2.45, 2.75) is 51.1 Å². The lowest BCUT2D eigenvalue weighted by molar-refractivity contribution is -0.133. The van der Waals surface area contributed by atoms with Crippen LogP contribution in [0.15, 0.2) is 36.2 Å². The lowest BCUT2D eigenvalue weighted by Crippen LogP contribution is -2.40. The molecule has 1 fully saturated rings. The number of allylic oxidation sites excluding steroid dienone is 1. The molecule has 1 aromatic heterocycles. The predicted molar refractivity (Wildman–Crippen MR) is 93.0 cm³/mol. The minimum absolute atomic E-state index is 0.0362. The third-order valence-corrected chi connectivity index (χ3v) is 6.56. The van der Waals surface area contributed by atoms with Crippen LogP contribution in [0.5, 0.6) is 0 Å². The fourth-order valence-corrected chi connectivity index (χ4v) is 5.22. The lowest BCUT2D eigenvalue weighted by atomic mass is 9.96. The molecule has 0 N–H and O–H groups in total. The molecular formula is C18H24N2O3S. The maximum Gasteiger partial charge on any atom is 0.227 e. The van der Waals surface area contributed by atoms with E-state index in [-0.39, 0.29) is 23.5 Å². The van der Waals surface area contributed by atoms with Gasteiger partial charge in [0.05, 0.1) is 11.5 Å². The number of pyridine rings is 1. The van der Waals surface area contributed by atoms with Crippen LogP contribution in [0.1, 0.15) is 44.1 Å². The van der Waals surface area contributed by atoms with Crippen LogP contribution in [0.2, 0.25) is 0 Å². The van der Waals surface area contributed by atoms with Gasteiger partial charge in [-0.15, -0.1) is 0 Å². The van der Waals surface area contributed by atoms with Crippen LogP contribution in [-0.2, 0) is 21.2 Å². The Morgan fingerprint density at radius 1 is 1.33 bits per heavy atom. The highest BCUT2D eigenvalue weighted by Gasteiger charge is 2.34. The number of sulfone groups is 1. The van der Waals surface area contributed by atoms with Gasteiger partial charge in [0.2, 0.25) is 5.91 Å². The molecule has 1 aliphatic carbocycles. The number of hydrogen-bond acceptors (Lipinski definition) is 4. The third kappa shape index (κ3) is 4.44. The van der Waals surface area contributed by atoms with Gasteiger partial charge >= 0.3 is 0 Å². The number of carbonyl (C=O) groups is 1. The van der Waals surface area contributed by atoms with Gasteiger partial charge in [-0.25, -0.2) is 8.42 Å². The summed E-state index contributed by atoms with van der Waals surface area (Å²) in [5.74, 6) is 0.295. The van der Waals surface area contributed by atoms with Crippen LogP contribution < -0.4 is 0 Å². The average molecular weight is 348 g/mol. The Morgan fingerprint density at radius 3 is 2.83 bits per heavy atom. The molecule has 0 bridgehead atoms. The van der Waals surface area contributed by atoms with Gasteiger partial charge in [-0.3, -0.25) is 9.78 Å². The van der Waals surface area contributed by atoms with Crippen LogP contribution in [-0.4, -0.2) is 41.8 Å². The summed E-state index contributed by atoms with van der Waals surface area (Å²) < 4.78 is 23.7. The lowest BCUT2D eigenvalue weighted by Gasteiger charge is -2.29. The van der Waals surface area contributed by atoms with Crippen molar-refractivity contribution in [1.29, 1.82) is 0 Å². The largest absolute Gasteiger partial charge is 0.334 e. The van der Waals surface area contributed by atoms with E-state index in [4.69, 9.17) is 0 Å². The molecule has 3 rings (SSSR count). The Hall–Kier alpha value is -1.69. The molecular weight excluding hydrogens is 324 g/mol. The van der Waals surface area contributed by atoms with Gasteiger partial charge in [-0.05, 0) is 43.7 Å². The van der Waals surface area contributed by atoms with Crippen molar-refractivity contribution in [3.05, 3.63) is 41.7 Å². The molecule has 1 atom stereocenters. The van der Waals surface area contributed by atoms with E-state index in [1.807, 2.05) is 12.1 Å². The molecule has 24 heavy (non-hydrogen) atoms. The minimum atomic E-state index is -3.02. The van der Waals surface area contributed by atoms with Gasteiger partial charge < -0.3 is 4.90 Å². The Morgan fingerprint density at radius 2 is 2.21 bits per heavy atom. The highest BCUT2D eigenvalue weighted by Crippen LogP contribution is 2.25. The maximum atomic E-state index is 12.9. The van der Waals surface area contributed by atoms with Crippen molar-refractivity contribution >= 4 is 15.7 Å². The van der Waals surface area contributed by atoms with E-state index in [0.717, 1.165) is 24.8 Å². The second-order valence-electron chi connectivity index (χ2n) is 6.72. The first-order valence-corrected chi connectivity index (χ1v) is 10.4. The standard InChI is InChI=1S/C18H24N2O3S/c21-18(11-15-5-2-1-3-6-15)20(13-16-7-4-9-19-12-16)17-8-10-24(22,23)14-17/h4-5,7,9,12,17H,1-3,6,8,10-11,13-14H2/t17-/m0/s1. The maximum absolute atomic E-state index is 12.9. The van der Waals surface area contributed by atoms with Crippen molar-refractivity contribution in [2.75, 3.05) is 11.5 Å². The first-order chi connectivity index (χ1) is 11.5. The van der Waals surface area contributed by atoms with E-state index in [1.165, 1.54) is 12.0 Å². The van der Waals surface area contributed by atoms with E-state index < -0.39 is 9.84 Å². The number of aromatic nitrogens is 1. The Bertz CT molecular complexity index is 713.